The fourth-order valence-corrected chi connectivity index (χ4v) is 1.62. The van der Waals surface area contributed by atoms with Crippen LogP contribution >= 0.6 is 0 Å². The van der Waals surface area contributed by atoms with Crippen molar-refractivity contribution in [2.24, 2.45) is 5.41 Å². The first-order valence-corrected chi connectivity index (χ1v) is 6.58. The number of ketones is 1. The van der Waals surface area contributed by atoms with Crippen molar-refractivity contribution in [1.82, 2.24) is 0 Å². The van der Waals surface area contributed by atoms with E-state index in [0.717, 1.165) is 5.56 Å². The topological polar surface area (TPSA) is 69.4 Å². The van der Waals surface area contributed by atoms with Crippen molar-refractivity contribution in [3.8, 4) is 5.75 Å². The maximum Gasteiger partial charge on any atom is 0.310 e. The highest BCUT2D eigenvalue weighted by atomic mass is 16.6. The molecule has 0 bridgehead atoms. The average Bonchev–Trinajstić information content (AvgIpc) is 2.26. The van der Waals surface area contributed by atoms with Crippen LogP contribution in [0.15, 0.2) is 18.2 Å². The molecule has 0 aromatic heterocycles. The molecule has 5 nitrogen and oxygen atoms in total. The van der Waals surface area contributed by atoms with Crippen LogP contribution in [0.3, 0.4) is 0 Å². The molecule has 0 heterocycles. The number of ether oxygens (including phenoxy) is 1. The fourth-order valence-electron chi connectivity index (χ4n) is 1.62. The fraction of sp³-hybridized carbons (Fsp3) is 0.533. The molecule has 1 aromatic carbocycles. The maximum atomic E-state index is 12.0. The van der Waals surface area contributed by atoms with E-state index in [9.17, 15) is 14.9 Å². The monoisotopic (exact) mass is 279 g/mol. The largest absolute Gasteiger partial charge is 0.484 e. The smallest absolute Gasteiger partial charge is 0.310 e. The molecule has 0 fully saturated rings. The van der Waals surface area contributed by atoms with Crippen molar-refractivity contribution in [3.63, 3.8) is 0 Å². The number of nitrogens with zero attached hydrogens (tertiary/aromatic N) is 1. The van der Waals surface area contributed by atoms with Gasteiger partial charge in [0.2, 0.25) is 0 Å². The minimum absolute atomic E-state index is 0.0781. The van der Waals surface area contributed by atoms with Gasteiger partial charge in [-0.1, -0.05) is 26.8 Å². The lowest BCUT2D eigenvalue weighted by atomic mass is 9.87. The number of Topliss-reactive ketones (excluding diaryl/α,β-unsaturated/α-hetero) is 1. The van der Waals surface area contributed by atoms with E-state index in [0.29, 0.717) is 0 Å². The van der Waals surface area contributed by atoms with Crippen molar-refractivity contribution in [3.05, 3.63) is 33.9 Å². The molecule has 5 heteroatoms. The highest BCUT2D eigenvalue weighted by Crippen LogP contribution is 2.30. The quantitative estimate of drug-likeness (QED) is 0.610. The predicted molar refractivity (Wildman–Crippen MR) is 77.0 cm³/mol. The molecular weight excluding hydrogens is 258 g/mol. The lowest BCUT2D eigenvalue weighted by Crippen LogP contribution is -2.22. The molecule has 110 valence electrons. The number of nitro groups is 1. The van der Waals surface area contributed by atoms with Crippen LogP contribution in [0.25, 0.3) is 0 Å². The third-order valence-electron chi connectivity index (χ3n) is 2.78. The minimum atomic E-state index is -0.479. The van der Waals surface area contributed by atoms with Crippen LogP contribution < -0.4 is 4.74 Å². The molecule has 1 rings (SSSR count). The molecule has 0 aliphatic heterocycles. The van der Waals surface area contributed by atoms with Gasteiger partial charge in [-0.15, -0.1) is 0 Å². The first-order valence-electron chi connectivity index (χ1n) is 6.58. The van der Waals surface area contributed by atoms with E-state index in [-0.39, 0.29) is 29.7 Å². The van der Waals surface area contributed by atoms with Gasteiger partial charge in [0.05, 0.1) is 11.0 Å². The van der Waals surface area contributed by atoms with Crippen molar-refractivity contribution in [2.45, 2.75) is 47.1 Å². The van der Waals surface area contributed by atoms with E-state index in [4.69, 9.17) is 4.74 Å². The highest BCUT2D eigenvalue weighted by Gasteiger charge is 2.23. The van der Waals surface area contributed by atoms with E-state index in [1.54, 1.807) is 26.0 Å². The molecule has 0 atom stereocenters. The second kappa shape index (κ2) is 6.03. The Morgan fingerprint density at radius 1 is 1.35 bits per heavy atom. The zero-order valence-corrected chi connectivity index (χ0v) is 12.6. The van der Waals surface area contributed by atoms with Crippen LogP contribution in [0.2, 0.25) is 0 Å². The van der Waals surface area contributed by atoms with Crippen LogP contribution in [-0.4, -0.2) is 16.8 Å². The SMILES string of the molecule is CC(C)Oc1cc(CC(=O)C(C)(C)C)ccc1[N+](=O)[O-]. The molecule has 0 aliphatic carbocycles. The highest BCUT2D eigenvalue weighted by molar-refractivity contribution is 5.85. The molecule has 0 saturated heterocycles. The van der Waals surface area contributed by atoms with Crippen molar-refractivity contribution in [1.29, 1.82) is 0 Å². The summed E-state index contributed by atoms with van der Waals surface area (Å²) in [7, 11) is 0. The van der Waals surface area contributed by atoms with Gasteiger partial charge in [-0.25, -0.2) is 0 Å². The Balaban J connectivity index is 3.06. The van der Waals surface area contributed by atoms with E-state index < -0.39 is 10.3 Å². The number of carbonyl (C=O) groups excluding carboxylic acids is 1. The molecule has 20 heavy (non-hydrogen) atoms. The molecule has 1 aromatic rings. The van der Waals surface area contributed by atoms with E-state index >= 15 is 0 Å². The van der Waals surface area contributed by atoms with Crippen molar-refractivity contribution >= 4 is 11.5 Å². The van der Waals surface area contributed by atoms with Gasteiger partial charge in [-0.3, -0.25) is 14.9 Å². The number of benzene rings is 1. The third-order valence-corrected chi connectivity index (χ3v) is 2.78. The number of carbonyl (C=O) groups is 1. The molecule has 0 N–H and O–H groups in total. The number of hydrogen-bond acceptors (Lipinski definition) is 4. The second-order valence-corrected chi connectivity index (χ2v) is 6.08. The molecule has 0 radical (unpaired) electrons. The average molecular weight is 279 g/mol. The van der Waals surface area contributed by atoms with E-state index in [1.165, 1.54) is 6.07 Å². The minimum Gasteiger partial charge on any atom is -0.484 e. The predicted octanol–water partition coefficient (Wildman–Crippen LogP) is 3.54. The summed E-state index contributed by atoms with van der Waals surface area (Å²) in [5.41, 5.74) is 0.220. The Labute approximate surface area is 119 Å². The summed E-state index contributed by atoms with van der Waals surface area (Å²) in [5.74, 6) is 0.297. The standard InChI is InChI=1S/C15H21NO4/c1-10(2)20-13-8-11(6-7-12(13)16(18)19)9-14(17)15(3,4)5/h6-8,10H,9H2,1-5H3. The van der Waals surface area contributed by atoms with Crippen molar-refractivity contribution in [2.75, 3.05) is 0 Å². The molecule has 0 unspecified atom stereocenters. The Kier molecular flexibility index (Phi) is 4.87. The second-order valence-electron chi connectivity index (χ2n) is 6.08. The van der Waals surface area contributed by atoms with Gasteiger partial charge >= 0.3 is 5.69 Å². The Morgan fingerprint density at radius 2 is 1.95 bits per heavy atom. The van der Waals surface area contributed by atoms with Crippen LogP contribution in [0.5, 0.6) is 5.75 Å². The van der Waals surface area contributed by atoms with Gasteiger partial charge in [-0.05, 0) is 25.5 Å². The van der Waals surface area contributed by atoms with Gasteiger partial charge in [0.15, 0.2) is 5.75 Å². The zero-order chi connectivity index (χ0) is 15.5. The van der Waals surface area contributed by atoms with Crippen LogP contribution in [0, 0.1) is 15.5 Å². The van der Waals surface area contributed by atoms with Crippen molar-refractivity contribution < 1.29 is 14.5 Å². The van der Waals surface area contributed by atoms with E-state index in [1.807, 2.05) is 20.8 Å². The Hall–Kier alpha value is -1.91. The lowest BCUT2D eigenvalue weighted by molar-refractivity contribution is -0.386. The van der Waals surface area contributed by atoms with Gasteiger partial charge in [0.1, 0.15) is 5.78 Å². The zero-order valence-electron chi connectivity index (χ0n) is 12.6. The van der Waals surface area contributed by atoms with Crippen LogP contribution in [-0.2, 0) is 11.2 Å². The van der Waals surface area contributed by atoms with Crippen LogP contribution in [0.1, 0.15) is 40.2 Å². The normalized spacial score (nSPS) is 11.5. The van der Waals surface area contributed by atoms with Crippen LogP contribution in [0.4, 0.5) is 5.69 Å². The number of hydrogen-bond donors (Lipinski definition) is 0. The summed E-state index contributed by atoms with van der Waals surface area (Å²) in [6, 6.07) is 4.58. The molecule has 0 aliphatic rings. The number of nitro benzene ring substituents is 1. The summed E-state index contributed by atoms with van der Waals surface area (Å²) in [4.78, 5) is 22.5. The summed E-state index contributed by atoms with van der Waals surface area (Å²) in [6.07, 6.45) is 0.0814. The molecule has 0 saturated carbocycles. The maximum absolute atomic E-state index is 12.0. The van der Waals surface area contributed by atoms with Gasteiger partial charge in [0.25, 0.3) is 0 Å². The number of rotatable bonds is 5. The van der Waals surface area contributed by atoms with Gasteiger partial charge in [-0.2, -0.15) is 0 Å². The summed E-state index contributed by atoms with van der Waals surface area (Å²) >= 11 is 0. The Morgan fingerprint density at radius 3 is 2.40 bits per heavy atom. The first kappa shape index (κ1) is 16.1. The third kappa shape index (κ3) is 4.33. The summed E-state index contributed by atoms with van der Waals surface area (Å²) < 4.78 is 5.46. The molecule has 0 amide bonds. The summed E-state index contributed by atoms with van der Waals surface area (Å²) in [5, 5.41) is 11.0. The van der Waals surface area contributed by atoms with Gasteiger partial charge < -0.3 is 4.74 Å². The van der Waals surface area contributed by atoms with E-state index in [2.05, 4.69) is 0 Å². The first-order chi connectivity index (χ1) is 9.11. The molecular formula is C15H21NO4. The lowest BCUT2D eigenvalue weighted by Gasteiger charge is -2.17. The Bertz CT molecular complexity index is 515. The summed E-state index contributed by atoms with van der Waals surface area (Å²) in [6.45, 7) is 9.16. The molecule has 0 spiro atoms. The van der Waals surface area contributed by atoms with Gasteiger partial charge in [0, 0.05) is 17.9 Å².